The smallest absolute Gasteiger partial charge is 0.192 e. The molecule has 0 aromatic carbocycles. The van der Waals surface area contributed by atoms with Gasteiger partial charge in [-0.25, -0.2) is 4.98 Å². The first-order valence-corrected chi connectivity index (χ1v) is 14.3. The van der Waals surface area contributed by atoms with Gasteiger partial charge in [0.1, 0.15) is 0 Å². The number of aromatic nitrogens is 1. The molecule has 0 saturated heterocycles. The molecule has 166 valence electrons. The fourth-order valence-electron chi connectivity index (χ4n) is 2.34. The van der Waals surface area contributed by atoms with Gasteiger partial charge in [0.15, 0.2) is 8.32 Å². The van der Waals surface area contributed by atoms with Crippen molar-refractivity contribution >= 4 is 37.3 Å². The second kappa shape index (κ2) is 11.8. The number of aliphatic hydroxyl groups is 1. The van der Waals surface area contributed by atoms with Gasteiger partial charge in [-0.15, -0.1) is 11.3 Å². The Labute approximate surface area is 187 Å². The lowest BCUT2D eigenvalue weighted by Crippen LogP contribution is -2.44. The molecule has 0 aliphatic carbocycles. The lowest BCUT2D eigenvalue weighted by atomic mass is 10.1. The first kappa shape index (κ1) is 26.5. The third-order valence-electron chi connectivity index (χ3n) is 5.27. The summed E-state index contributed by atoms with van der Waals surface area (Å²) < 4.78 is 12.3. The predicted molar refractivity (Wildman–Crippen MR) is 128 cm³/mol. The number of thiazole rings is 1. The van der Waals surface area contributed by atoms with Crippen LogP contribution in [0.4, 0.5) is 0 Å². The van der Waals surface area contributed by atoms with E-state index < -0.39 is 8.32 Å². The Kier molecular flexibility index (Phi) is 10.8. The number of ether oxygens (including phenoxy) is 1. The molecule has 1 N–H and O–H groups in total. The van der Waals surface area contributed by atoms with Gasteiger partial charge < -0.3 is 14.3 Å². The molecule has 7 heteroatoms. The van der Waals surface area contributed by atoms with E-state index >= 15 is 0 Å². The molecule has 0 unspecified atom stereocenters. The molecule has 4 nitrogen and oxygen atoms in total. The van der Waals surface area contributed by atoms with Crippen molar-refractivity contribution in [3.05, 3.63) is 32.8 Å². The van der Waals surface area contributed by atoms with Crippen LogP contribution in [0.15, 0.2) is 22.1 Å². The van der Waals surface area contributed by atoms with Crippen LogP contribution in [0.2, 0.25) is 18.1 Å². The second-order valence-electron chi connectivity index (χ2n) is 9.24. The van der Waals surface area contributed by atoms with E-state index in [1.165, 1.54) is 0 Å². The SMILES string of the molecule is C/C(=C\c1csc(C)n1)[C@H](C/C=C(\Cl)COC[C@@H](C)CO)O[Si](C)(C)C(C)(C)C. The van der Waals surface area contributed by atoms with Crippen molar-refractivity contribution in [1.82, 2.24) is 4.98 Å². The molecule has 1 heterocycles. The largest absolute Gasteiger partial charge is 0.410 e. The number of hydrogen-bond acceptors (Lipinski definition) is 5. The van der Waals surface area contributed by atoms with E-state index in [0.29, 0.717) is 24.7 Å². The van der Waals surface area contributed by atoms with Crippen molar-refractivity contribution in [1.29, 1.82) is 0 Å². The van der Waals surface area contributed by atoms with Gasteiger partial charge in [0.25, 0.3) is 0 Å². The van der Waals surface area contributed by atoms with Crippen LogP contribution in [-0.2, 0) is 9.16 Å². The van der Waals surface area contributed by atoms with E-state index in [1.54, 1.807) is 11.3 Å². The monoisotopic (exact) mass is 459 g/mol. The zero-order valence-corrected chi connectivity index (χ0v) is 21.8. The number of nitrogens with zero attached hydrogens (tertiary/aromatic N) is 1. The average Bonchev–Trinajstić information content (AvgIpc) is 3.01. The third kappa shape index (κ3) is 9.45. The minimum atomic E-state index is -1.95. The van der Waals surface area contributed by atoms with E-state index in [9.17, 15) is 0 Å². The molecule has 1 aromatic rings. The molecule has 2 atom stereocenters. The maximum absolute atomic E-state index is 9.08. The summed E-state index contributed by atoms with van der Waals surface area (Å²) in [5, 5.41) is 13.0. The number of hydrogen-bond donors (Lipinski definition) is 1. The second-order valence-corrected chi connectivity index (χ2v) is 15.5. The van der Waals surface area contributed by atoms with Crippen LogP contribution in [-0.4, -0.2) is 44.3 Å². The molecule has 0 aliphatic heterocycles. The summed E-state index contributed by atoms with van der Waals surface area (Å²) in [6, 6.07) is 0. The van der Waals surface area contributed by atoms with Gasteiger partial charge in [-0.2, -0.15) is 0 Å². The average molecular weight is 460 g/mol. The Balaban J connectivity index is 2.92. The molecule has 0 aliphatic rings. The van der Waals surface area contributed by atoms with Gasteiger partial charge in [0.05, 0.1) is 30.0 Å². The molecule has 1 aromatic heterocycles. The van der Waals surface area contributed by atoms with Crippen molar-refractivity contribution in [2.24, 2.45) is 5.92 Å². The lowest BCUT2D eigenvalue weighted by molar-refractivity contribution is 0.0961. The minimum absolute atomic E-state index is 0.0528. The summed E-state index contributed by atoms with van der Waals surface area (Å²) in [5.74, 6) is 0.112. The molecule has 29 heavy (non-hydrogen) atoms. The predicted octanol–water partition coefficient (Wildman–Crippen LogP) is 6.40. The van der Waals surface area contributed by atoms with Gasteiger partial charge in [0.2, 0.25) is 0 Å². The summed E-state index contributed by atoms with van der Waals surface area (Å²) in [4.78, 5) is 4.55. The van der Waals surface area contributed by atoms with Crippen LogP contribution in [0.25, 0.3) is 6.08 Å². The Morgan fingerprint density at radius 3 is 2.55 bits per heavy atom. The summed E-state index contributed by atoms with van der Waals surface area (Å²) in [7, 11) is -1.95. The van der Waals surface area contributed by atoms with Gasteiger partial charge in [0, 0.05) is 22.9 Å². The van der Waals surface area contributed by atoms with Crippen molar-refractivity contribution < 1.29 is 14.3 Å². The van der Waals surface area contributed by atoms with Crippen LogP contribution in [0.3, 0.4) is 0 Å². The van der Waals surface area contributed by atoms with Crippen LogP contribution < -0.4 is 0 Å². The van der Waals surface area contributed by atoms with Crippen LogP contribution in [0.5, 0.6) is 0 Å². The molecular formula is C22H38ClNO3SSi. The maximum Gasteiger partial charge on any atom is 0.192 e. The first-order chi connectivity index (χ1) is 13.4. The van der Waals surface area contributed by atoms with E-state index in [-0.39, 0.29) is 23.7 Å². The van der Waals surface area contributed by atoms with E-state index in [1.807, 2.05) is 19.9 Å². The molecule has 1 rings (SSSR count). The molecule has 0 radical (unpaired) electrons. The topological polar surface area (TPSA) is 51.6 Å². The van der Waals surface area contributed by atoms with E-state index in [0.717, 1.165) is 16.3 Å². The highest BCUT2D eigenvalue weighted by Crippen LogP contribution is 2.38. The van der Waals surface area contributed by atoms with Gasteiger partial charge >= 0.3 is 0 Å². The van der Waals surface area contributed by atoms with Crippen LogP contribution in [0.1, 0.15) is 51.7 Å². The maximum atomic E-state index is 9.08. The quantitative estimate of drug-likeness (QED) is 0.389. The van der Waals surface area contributed by atoms with Crippen LogP contribution in [0, 0.1) is 12.8 Å². The fourth-order valence-corrected chi connectivity index (χ4v) is 4.42. The molecule has 0 bridgehead atoms. The zero-order valence-electron chi connectivity index (χ0n) is 19.2. The minimum Gasteiger partial charge on any atom is -0.410 e. The highest BCUT2D eigenvalue weighted by Gasteiger charge is 2.39. The van der Waals surface area contributed by atoms with Crippen LogP contribution >= 0.6 is 22.9 Å². The molecule has 0 saturated carbocycles. The fraction of sp³-hybridized carbons (Fsp3) is 0.682. The van der Waals surface area contributed by atoms with Gasteiger partial charge in [-0.3, -0.25) is 0 Å². The van der Waals surface area contributed by atoms with E-state index in [2.05, 4.69) is 57.2 Å². The van der Waals surface area contributed by atoms with Gasteiger partial charge in [-0.1, -0.05) is 45.4 Å². The third-order valence-corrected chi connectivity index (χ3v) is 10.8. The number of aryl methyl sites for hydroxylation is 1. The summed E-state index contributed by atoms with van der Waals surface area (Å²) in [5.41, 5.74) is 2.13. The molecule has 0 amide bonds. The highest BCUT2D eigenvalue weighted by atomic mass is 35.5. The standard InChI is InChI=1S/C22H38ClNO3SSi/c1-16(12-25)13-26-14-19(23)9-10-21(27-29(7,8)22(4,5)6)17(2)11-20-15-28-18(3)24-20/h9,11,15-16,21,25H,10,12-14H2,1-8H3/b17-11+,19-9-/t16-,21-/m0/s1. The van der Waals surface area contributed by atoms with Crippen molar-refractivity contribution in [3.63, 3.8) is 0 Å². The molecular weight excluding hydrogens is 422 g/mol. The number of aliphatic hydroxyl groups excluding tert-OH is 1. The molecule has 0 fully saturated rings. The summed E-state index contributed by atoms with van der Waals surface area (Å²) in [6.07, 6.45) is 4.74. The Morgan fingerprint density at radius 1 is 1.38 bits per heavy atom. The van der Waals surface area contributed by atoms with E-state index in [4.69, 9.17) is 25.9 Å². The Morgan fingerprint density at radius 2 is 2.03 bits per heavy atom. The zero-order chi connectivity index (χ0) is 22.2. The van der Waals surface area contributed by atoms with Crippen molar-refractivity contribution in [2.75, 3.05) is 19.8 Å². The normalized spacial score (nSPS) is 16.2. The Bertz CT molecular complexity index is 694. The lowest BCUT2D eigenvalue weighted by Gasteiger charge is -2.39. The number of halogens is 1. The first-order valence-electron chi connectivity index (χ1n) is 10.2. The molecule has 0 spiro atoms. The Hall–Kier alpha value is -0.503. The summed E-state index contributed by atoms with van der Waals surface area (Å²) in [6.45, 7) is 18.3. The summed E-state index contributed by atoms with van der Waals surface area (Å²) >= 11 is 8.03. The number of rotatable bonds is 11. The van der Waals surface area contributed by atoms with Crippen molar-refractivity contribution in [3.8, 4) is 0 Å². The van der Waals surface area contributed by atoms with Gasteiger partial charge in [-0.05, 0) is 50.0 Å². The van der Waals surface area contributed by atoms with Crippen molar-refractivity contribution in [2.45, 2.75) is 72.2 Å². The highest BCUT2D eigenvalue weighted by molar-refractivity contribution is 7.09.